The van der Waals surface area contributed by atoms with E-state index in [1.807, 2.05) is 19.1 Å². The summed E-state index contributed by atoms with van der Waals surface area (Å²) in [4.78, 5) is 24.5. The number of aliphatic carboxylic acids is 1. The van der Waals surface area contributed by atoms with Gasteiger partial charge in [-0.3, -0.25) is 14.5 Å². The van der Waals surface area contributed by atoms with Gasteiger partial charge in [-0.05, 0) is 31.9 Å². The summed E-state index contributed by atoms with van der Waals surface area (Å²) in [6.45, 7) is 2.15. The molecule has 19 heavy (non-hydrogen) atoms. The van der Waals surface area contributed by atoms with E-state index >= 15 is 0 Å². The molecule has 0 radical (unpaired) electrons. The lowest BCUT2D eigenvalue weighted by molar-refractivity contribution is -0.137. The number of carbonyl (C=O) groups is 2. The Morgan fingerprint density at radius 2 is 2.05 bits per heavy atom. The van der Waals surface area contributed by atoms with E-state index in [4.69, 9.17) is 9.84 Å². The third-order valence-corrected chi connectivity index (χ3v) is 3.11. The summed E-state index contributed by atoms with van der Waals surface area (Å²) in [6, 6.07) is 7.22. The van der Waals surface area contributed by atoms with Crippen LogP contribution in [0.3, 0.4) is 0 Å². The fourth-order valence-electron chi connectivity index (χ4n) is 2.10. The fourth-order valence-corrected chi connectivity index (χ4v) is 2.10. The zero-order chi connectivity index (χ0) is 13.8. The predicted molar refractivity (Wildman–Crippen MR) is 70.1 cm³/mol. The van der Waals surface area contributed by atoms with Crippen LogP contribution in [0.2, 0.25) is 0 Å². The Morgan fingerprint density at radius 1 is 1.37 bits per heavy atom. The predicted octanol–water partition coefficient (Wildman–Crippen LogP) is 1.59. The number of anilines is 1. The Labute approximate surface area is 111 Å². The van der Waals surface area contributed by atoms with E-state index in [1.165, 1.54) is 4.90 Å². The largest absolute Gasteiger partial charge is 0.480 e. The van der Waals surface area contributed by atoms with Crippen LogP contribution in [0.25, 0.3) is 0 Å². The van der Waals surface area contributed by atoms with Crippen LogP contribution >= 0.6 is 0 Å². The van der Waals surface area contributed by atoms with Crippen molar-refractivity contribution in [3.8, 4) is 0 Å². The van der Waals surface area contributed by atoms with Crippen molar-refractivity contribution in [2.45, 2.75) is 25.9 Å². The molecule has 1 N–H and O–H groups in total. The summed E-state index contributed by atoms with van der Waals surface area (Å²) in [7, 11) is 0. The van der Waals surface area contributed by atoms with Crippen LogP contribution in [-0.4, -0.2) is 36.2 Å². The van der Waals surface area contributed by atoms with E-state index in [0.717, 1.165) is 12.0 Å². The van der Waals surface area contributed by atoms with Gasteiger partial charge in [0.25, 0.3) is 5.91 Å². The Hall–Kier alpha value is -1.88. The molecule has 1 saturated heterocycles. The highest BCUT2D eigenvalue weighted by Crippen LogP contribution is 2.20. The summed E-state index contributed by atoms with van der Waals surface area (Å²) in [5.74, 6) is -1.31. The molecule has 1 aromatic carbocycles. The molecular formula is C14H17NO4. The number of benzene rings is 1. The van der Waals surface area contributed by atoms with Crippen molar-refractivity contribution in [1.29, 1.82) is 0 Å². The normalized spacial score (nSPS) is 18.3. The van der Waals surface area contributed by atoms with Gasteiger partial charge < -0.3 is 9.84 Å². The molecule has 5 nitrogen and oxygen atoms in total. The Balaban J connectivity index is 2.21. The molecule has 0 bridgehead atoms. The maximum absolute atomic E-state index is 12.3. The zero-order valence-electron chi connectivity index (χ0n) is 10.8. The van der Waals surface area contributed by atoms with Gasteiger partial charge in [0.1, 0.15) is 12.6 Å². The van der Waals surface area contributed by atoms with Gasteiger partial charge in [0.2, 0.25) is 0 Å². The lowest BCUT2D eigenvalue weighted by atomic mass is 10.1. The van der Waals surface area contributed by atoms with Crippen molar-refractivity contribution in [2.24, 2.45) is 0 Å². The number of amides is 1. The Morgan fingerprint density at radius 3 is 2.58 bits per heavy atom. The molecule has 0 aliphatic carbocycles. The summed E-state index contributed by atoms with van der Waals surface area (Å²) in [6.07, 6.45) is 0.979. The van der Waals surface area contributed by atoms with Crippen LogP contribution in [-0.2, 0) is 14.3 Å². The van der Waals surface area contributed by atoms with Crippen LogP contribution in [0.5, 0.6) is 0 Å². The molecule has 1 heterocycles. The number of carboxylic acid groups (broad SMARTS) is 1. The van der Waals surface area contributed by atoms with Gasteiger partial charge in [0, 0.05) is 12.3 Å². The third kappa shape index (κ3) is 3.32. The van der Waals surface area contributed by atoms with Gasteiger partial charge in [0.15, 0.2) is 0 Å². The van der Waals surface area contributed by atoms with E-state index in [9.17, 15) is 9.59 Å². The first-order valence-corrected chi connectivity index (χ1v) is 6.29. The molecule has 0 aromatic heterocycles. The van der Waals surface area contributed by atoms with E-state index < -0.39 is 12.1 Å². The zero-order valence-corrected chi connectivity index (χ0v) is 10.8. The van der Waals surface area contributed by atoms with Crippen molar-refractivity contribution in [2.75, 3.05) is 18.1 Å². The quantitative estimate of drug-likeness (QED) is 0.895. The van der Waals surface area contributed by atoms with Gasteiger partial charge in [0.05, 0.1) is 0 Å². The Bertz CT molecular complexity index is 463. The minimum atomic E-state index is -1.04. The Kier molecular flexibility index (Phi) is 4.16. The van der Waals surface area contributed by atoms with Crippen LogP contribution in [0.15, 0.2) is 24.3 Å². The highest BCUT2D eigenvalue weighted by atomic mass is 16.5. The smallest absolute Gasteiger partial charge is 0.323 e. The first-order valence-electron chi connectivity index (χ1n) is 6.29. The average Bonchev–Trinajstić information content (AvgIpc) is 2.90. The standard InChI is InChI=1S/C14H17NO4/c1-10-4-6-11(7-5-10)15(9-13(16)17)14(18)12-3-2-8-19-12/h4-7,12H,2-3,8-9H2,1H3,(H,16,17)/t12-/m1/s1. The monoisotopic (exact) mass is 263 g/mol. The number of ether oxygens (including phenoxy) is 1. The van der Waals surface area contributed by atoms with E-state index in [0.29, 0.717) is 18.7 Å². The molecule has 1 atom stereocenters. The van der Waals surface area contributed by atoms with Crippen molar-refractivity contribution in [3.63, 3.8) is 0 Å². The minimum absolute atomic E-state index is 0.274. The maximum Gasteiger partial charge on any atom is 0.323 e. The second kappa shape index (κ2) is 5.84. The van der Waals surface area contributed by atoms with Crippen molar-refractivity contribution < 1.29 is 19.4 Å². The van der Waals surface area contributed by atoms with Gasteiger partial charge in [-0.1, -0.05) is 17.7 Å². The molecule has 0 saturated carbocycles. The second-order valence-corrected chi connectivity index (χ2v) is 4.66. The molecule has 1 aromatic rings. The molecule has 0 spiro atoms. The van der Waals surface area contributed by atoms with Crippen LogP contribution in [0, 0.1) is 6.92 Å². The number of carboxylic acids is 1. The highest BCUT2D eigenvalue weighted by Gasteiger charge is 2.30. The molecule has 1 amide bonds. The topological polar surface area (TPSA) is 66.8 Å². The lowest BCUT2D eigenvalue weighted by Crippen LogP contribution is -2.42. The SMILES string of the molecule is Cc1ccc(N(CC(=O)O)C(=O)[C@H]2CCCO2)cc1. The van der Waals surface area contributed by atoms with Crippen LogP contribution < -0.4 is 4.90 Å². The summed E-state index contributed by atoms with van der Waals surface area (Å²) in [5.41, 5.74) is 1.65. The third-order valence-electron chi connectivity index (χ3n) is 3.11. The van der Waals surface area contributed by atoms with Gasteiger partial charge in [-0.15, -0.1) is 0 Å². The lowest BCUT2D eigenvalue weighted by Gasteiger charge is -2.23. The first-order chi connectivity index (χ1) is 9.08. The summed E-state index contributed by atoms with van der Waals surface area (Å²) < 4.78 is 5.34. The number of aryl methyl sites for hydroxylation is 1. The minimum Gasteiger partial charge on any atom is -0.480 e. The summed E-state index contributed by atoms with van der Waals surface area (Å²) >= 11 is 0. The number of nitrogens with zero attached hydrogens (tertiary/aromatic N) is 1. The van der Waals surface area contributed by atoms with Crippen molar-refractivity contribution >= 4 is 17.6 Å². The van der Waals surface area contributed by atoms with Crippen LogP contribution in [0.4, 0.5) is 5.69 Å². The number of hydrogen-bond donors (Lipinski definition) is 1. The molecule has 1 fully saturated rings. The molecule has 1 aliphatic heterocycles. The maximum atomic E-state index is 12.3. The number of hydrogen-bond acceptors (Lipinski definition) is 3. The molecule has 102 valence electrons. The van der Waals surface area contributed by atoms with Crippen molar-refractivity contribution in [3.05, 3.63) is 29.8 Å². The number of rotatable bonds is 4. The fraction of sp³-hybridized carbons (Fsp3) is 0.429. The molecule has 2 rings (SSSR count). The number of carbonyl (C=O) groups excluding carboxylic acids is 1. The van der Waals surface area contributed by atoms with E-state index in [-0.39, 0.29) is 12.5 Å². The second-order valence-electron chi connectivity index (χ2n) is 4.66. The molecule has 5 heteroatoms. The first kappa shape index (κ1) is 13.5. The van der Waals surface area contributed by atoms with Gasteiger partial charge in [-0.2, -0.15) is 0 Å². The van der Waals surface area contributed by atoms with E-state index in [2.05, 4.69) is 0 Å². The van der Waals surface area contributed by atoms with Gasteiger partial charge in [-0.25, -0.2) is 0 Å². The van der Waals surface area contributed by atoms with Crippen LogP contribution in [0.1, 0.15) is 18.4 Å². The van der Waals surface area contributed by atoms with Gasteiger partial charge >= 0.3 is 5.97 Å². The molecular weight excluding hydrogens is 246 g/mol. The molecule has 0 unspecified atom stereocenters. The van der Waals surface area contributed by atoms with E-state index in [1.54, 1.807) is 12.1 Å². The summed E-state index contributed by atoms with van der Waals surface area (Å²) in [5, 5.41) is 8.96. The highest BCUT2D eigenvalue weighted by molar-refractivity contribution is 6.00. The van der Waals surface area contributed by atoms with Crippen molar-refractivity contribution in [1.82, 2.24) is 0 Å². The molecule has 1 aliphatic rings. The average molecular weight is 263 g/mol.